The van der Waals surface area contributed by atoms with Crippen LogP contribution in [0.1, 0.15) is 30.6 Å². The van der Waals surface area contributed by atoms with E-state index in [9.17, 15) is 0 Å². The van der Waals surface area contributed by atoms with Gasteiger partial charge in [-0.05, 0) is 40.2 Å². The fourth-order valence-corrected chi connectivity index (χ4v) is 3.32. The summed E-state index contributed by atoms with van der Waals surface area (Å²) in [5.74, 6) is 0.576. The largest absolute Gasteiger partial charge is 0.370 e. The molecule has 0 aliphatic heterocycles. The van der Waals surface area contributed by atoms with Crippen molar-refractivity contribution in [2.45, 2.75) is 38.3 Å². The number of rotatable bonds is 3. The zero-order chi connectivity index (χ0) is 11.4. The molecule has 1 aliphatic rings. The van der Waals surface area contributed by atoms with Gasteiger partial charge in [-0.15, -0.1) is 11.3 Å². The number of guanidine groups is 1. The van der Waals surface area contributed by atoms with Crippen LogP contribution in [0.5, 0.6) is 0 Å². The molecular weight excluding hydrogens is 286 g/mol. The maximum Gasteiger partial charge on any atom is 0.189 e. The Morgan fingerprint density at radius 3 is 2.94 bits per heavy atom. The highest BCUT2D eigenvalue weighted by molar-refractivity contribution is 9.10. The number of hydrogen-bond acceptors (Lipinski definition) is 2. The Labute approximate surface area is 108 Å². The topological polar surface area (TPSA) is 50.4 Å². The Balaban J connectivity index is 1.84. The van der Waals surface area contributed by atoms with Crippen LogP contribution >= 0.6 is 27.3 Å². The van der Waals surface area contributed by atoms with Crippen molar-refractivity contribution in [2.24, 2.45) is 10.7 Å². The minimum Gasteiger partial charge on any atom is -0.370 e. The van der Waals surface area contributed by atoms with Gasteiger partial charge in [0.05, 0.1) is 6.54 Å². The van der Waals surface area contributed by atoms with Crippen LogP contribution in [0.25, 0.3) is 0 Å². The molecule has 1 aromatic heterocycles. The summed E-state index contributed by atoms with van der Waals surface area (Å²) in [7, 11) is 0. The van der Waals surface area contributed by atoms with Crippen LogP contribution in [0.2, 0.25) is 0 Å². The van der Waals surface area contributed by atoms with E-state index in [-0.39, 0.29) is 0 Å². The van der Waals surface area contributed by atoms with Gasteiger partial charge < -0.3 is 11.1 Å². The molecule has 2 rings (SSSR count). The van der Waals surface area contributed by atoms with Gasteiger partial charge >= 0.3 is 0 Å². The third kappa shape index (κ3) is 3.22. The number of hydrogen-bond donors (Lipinski definition) is 2. The number of nitrogens with zero attached hydrogens (tertiary/aromatic N) is 1. The molecule has 1 heterocycles. The first-order valence-electron chi connectivity index (χ1n) is 5.54. The summed E-state index contributed by atoms with van der Waals surface area (Å²) in [4.78, 5) is 5.57. The standard InChI is InChI=1S/C11H16BrN3S/c12-9-5-6-16-10(9)7-14-11(13)15-8-3-1-2-4-8/h5-6,8H,1-4,7H2,(H3,13,14,15). The van der Waals surface area contributed by atoms with Crippen LogP contribution in [0, 0.1) is 0 Å². The number of thiophene rings is 1. The molecule has 1 fully saturated rings. The molecule has 3 nitrogen and oxygen atoms in total. The van der Waals surface area contributed by atoms with E-state index in [1.807, 2.05) is 6.07 Å². The summed E-state index contributed by atoms with van der Waals surface area (Å²) >= 11 is 5.18. The monoisotopic (exact) mass is 301 g/mol. The molecule has 0 unspecified atom stereocenters. The maximum atomic E-state index is 5.85. The van der Waals surface area contributed by atoms with Crippen LogP contribution in [0.4, 0.5) is 0 Å². The van der Waals surface area contributed by atoms with Crippen molar-refractivity contribution < 1.29 is 0 Å². The van der Waals surface area contributed by atoms with Crippen LogP contribution in [-0.2, 0) is 6.54 Å². The molecule has 0 spiro atoms. The van der Waals surface area contributed by atoms with E-state index < -0.39 is 0 Å². The molecule has 0 amide bonds. The normalized spacial score (nSPS) is 17.9. The van der Waals surface area contributed by atoms with Crippen LogP contribution in [0.3, 0.4) is 0 Å². The average Bonchev–Trinajstić information content (AvgIpc) is 2.87. The average molecular weight is 302 g/mol. The minimum atomic E-state index is 0.538. The number of nitrogens with one attached hydrogen (secondary N) is 1. The second-order valence-corrected chi connectivity index (χ2v) is 5.87. The second kappa shape index (κ2) is 5.68. The third-order valence-corrected chi connectivity index (χ3v) is 4.70. The number of halogens is 1. The summed E-state index contributed by atoms with van der Waals surface area (Å²) < 4.78 is 1.12. The van der Waals surface area contributed by atoms with E-state index in [1.165, 1.54) is 30.6 Å². The first kappa shape index (κ1) is 11.9. The van der Waals surface area contributed by atoms with Crippen molar-refractivity contribution >= 4 is 33.2 Å². The van der Waals surface area contributed by atoms with Crippen molar-refractivity contribution in [3.63, 3.8) is 0 Å². The lowest BCUT2D eigenvalue weighted by molar-refractivity contribution is 0.625. The minimum absolute atomic E-state index is 0.538. The Hall–Kier alpha value is -0.550. The summed E-state index contributed by atoms with van der Waals surface area (Å²) in [5.41, 5.74) is 5.85. The van der Waals surface area contributed by atoms with Crippen molar-refractivity contribution in [3.8, 4) is 0 Å². The fraction of sp³-hybridized carbons (Fsp3) is 0.545. The van der Waals surface area contributed by atoms with E-state index in [4.69, 9.17) is 5.73 Å². The summed E-state index contributed by atoms with van der Waals surface area (Å²) in [6.07, 6.45) is 5.06. The Morgan fingerprint density at radius 2 is 2.31 bits per heavy atom. The van der Waals surface area contributed by atoms with Gasteiger partial charge in [0.1, 0.15) is 0 Å². The molecule has 88 valence electrons. The molecule has 1 aromatic rings. The van der Waals surface area contributed by atoms with Gasteiger partial charge in [-0.25, -0.2) is 4.99 Å². The van der Waals surface area contributed by atoms with Gasteiger partial charge in [0.25, 0.3) is 0 Å². The molecule has 0 saturated heterocycles. The van der Waals surface area contributed by atoms with Crippen molar-refractivity contribution in [2.75, 3.05) is 0 Å². The maximum absolute atomic E-state index is 5.85. The van der Waals surface area contributed by atoms with Crippen LogP contribution < -0.4 is 11.1 Å². The van der Waals surface area contributed by atoms with Gasteiger partial charge in [-0.3, -0.25) is 0 Å². The molecule has 0 radical (unpaired) electrons. The van der Waals surface area contributed by atoms with Crippen molar-refractivity contribution in [1.82, 2.24) is 5.32 Å². The zero-order valence-corrected chi connectivity index (χ0v) is 11.5. The predicted molar refractivity (Wildman–Crippen MR) is 72.7 cm³/mol. The molecule has 3 N–H and O–H groups in total. The van der Waals surface area contributed by atoms with Crippen LogP contribution in [0.15, 0.2) is 20.9 Å². The Kier molecular flexibility index (Phi) is 4.23. The van der Waals surface area contributed by atoms with E-state index in [1.54, 1.807) is 11.3 Å². The van der Waals surface area contributed by atoms with Gasteiger partial charge in [-0.2, -0.15) is 0 Å². The van der Waals surface area contributed by atoms with Crippen LogP contribution in [-0.4, -0.2) is 12.0 Å². The van der Waals surface area contributed by atoms with E-state index >= 15 is 0 Å². The molecule has 5 heteroatoms. The van der Waals surface area contributed by atoms with Gasteiger partial charge in [0, 0.05) is 15.4 Å². The number of nitrogens with two attached hydrogens (primary N) is 1. The zero-order valence-electron chi connectivity index (χ0n) is 9.08. The molecule has 0 atom stereocenters. The fourth-order valence-electron chi connectivity index (χ4n) is 1.92. The number of aliphatic imine (C=N–C) groups is 1. The van der Waals surface area contributed by atoms with Gasteiger partial charge in [0.15, 0.2) is 5.96 Å². The Bertz CT molecular complexity index is 369. The highest BCUT2D eigenvalue weighted by atomic mass is 79.9. The molecule has 1 aliphatic carbocycles. The van der Waals surface area contributed by atoms with Gasteiger partial charge in [-0.1, -0.05) is 12.8 Å². The highest BCUT2D eigenvalue weighted by Gasteiger charge is 2.14. The highest BCUT2D eigenvalue weighted by Crippen LogP contribution is 2.23. The van der Waals surface area contributed by atoms with Crippen molar-refractivity contribution in [1.29, 1.82) is 0 Å². The van der Waals surface area contributed by atoms with Gasteiger partial charge in [0.2, 0.25) is 0 Å². The lowest BCUT2D eigenvalue weighted by Crippen LogP contribution is -2.38. The second-order valence-electron chi connectivity index (χ2n) is 4.02. The lowest BCUT2D eigenvalue weighted by Gasteiger charge is -2.11. The SMILES string of the molecule is NC(=NCc1sccc1Br)NC1CCCC1. The third-order valence-electron chi connectivity index (χ3n) is 2.79. The molecule has 16 heavy (non-hydrogen) atoms. The van der Waals surface area contributed by atoms with E-state index in [0.29, 0.717) is 18.5 Å². The summed E-state index contributed by atoms with van der Waals surface area (Å²) in [6.45, 7) is 0.657. The predicted octanol–water partition coefficient (Wildman–Crippen LogP) is 2.86. The first-order valence-corrected chi connectivity index (χ1v) is 7.21. The lowest BCUT2D eigenvalue weighted by atomic mass is 10.2. The van der Waals surface area contributed by atoms with E-state index in [2.05, 4.69) is 31.6 Å². The molecule has 0 bridgehead atoms. The molecule has 0 aromatic carbocycles. The van der Waals surface area contributed by atoms with Crippen molar-refractivity contribution in [3.05, 3.63) is 20.8 Å². The summed E-state index contributed by atoms with van der Waals surface area (Å²) in [6, 6.07) is 2.58. The smallest absolute Gasteiger partial charge is 0.189 e. The molecule has 1 saturated carbocycles. The Morgan fingerprint density at radius 1 is 1.56 bits per heavy atom. The quantitative estimate of drug-likeness (QED) is 0.666. The van der Waals surface area contributed by atoms with E-state index in [0.717, 1.165) is 4.47 Å². The summed E-state index contributed by atoms with van der Waals surface area (Å²) in [5, 5.41) is 5.33. The molecular formula is C11H16BrN3S. The first-order chi connectivity index (χ1) is 7.75.